The van der Waals surface area contributed by atoms with Gasteiger partial charge in [0.1, 0.15) is 11.4 Å². The van der Waals surface area contributed by atoms with E-state index in [9.17, 15) is 4.79 Å². The van der Waals surface area contributed by atoms with Crippen molar-refractivity contribution in [2.24, 2.45) is 0 Å². The SMILES string of the molecule is CC1Oc2cccc(N)c2N(Cc2ccccn2)C1=O. The molecule has 2 N–H and O–H groups in total. The van der Waals surface area contributed by atoms with E-state index in [4.69, 9.17) is 10.5 Å². The number of fused-ring (bicyclic) bond motifs is 1. The Morgan fingerprint density at radius 3 is 2.90 bits per heavy atom. The summed E-state index contributed by atoms with van der Waals surface area (Å²) in [5.41, 5.74) is 7.96. The molecular weight excluding hydrogens is 254 g/mol. The first kappa shape index (κ1) is 12.5. The monoisotopic (exact) mass is 269 g/mol. The van der Waals surface area contributed by atoms with Crippen molar-refractivity contribution in [3.63, 3.8) is 0 Å². The normalized spacial score (nSPS) is 17.6. The van der Waals surface area contributed by atoms with Crippen molar-refractivity contribution in [1.82, 2.24) is 4.98 Å². The number of nitrogens with two attached hydrogens (primary N) is 1. The molecular formula is C15H15N3O2. The molecule has 1 aromatic heterocycles. The second-order valence-corrected chi connectivity index (χ2v) is 4.70. The Labute approximate surface area is 117 Å². The number of carbonyl (C=O) groups excluding carboxylic acids is 1. The quantitative estimate of drug-likeness (QED) is 0.846. The van der Waals surface area contributed by atoms with Gasteiger partial charge in [-0.1, -0.05) is 12.1 Å². The van der Waals surface area contributed by atoms with Gasteiger partial charge in [0.15, 0.2) is 6.10 Å². The van der Waals surface area contributed by atoms with Crippen molar-refractivity contribution in [3.05, 3.63) is 48.3 Å². The molecule has 0 bridgehead atoms. The Kier molecular flexibility index (Phi) is 3.02. The zero-order chi connectivity index (χ0) is 14.1. The van der Waals surface area contributed by atoms with E-state index in [1.807, 2.05) is 30.3 Å². The van der Waals surface area contributed by atoms with Gasteiger partial charge in [-0.3, -0.25) is 14.7 Å². The zero-order valence-electron chi connectivity index (χ0n) is 11.1. The van der Waals surface area contributed by atoms with Gasteiger partial charge < -0.3 is 10.5 Å². The van der Waals surface area contributed by atoms with Gasteiger partial charge in [-0.05, 0) is 31.2 Å². The Hall–Kier alpha value is -2.56. The summed E-state index contributed by atoms with van der Waals surface area (Å²) < 4.78 is 5.60. The molecule has 1 aliphatic rings. The van der Waals surface area contributed by atoms with Crippen LogP contribution >= 0.6 is 0 Å². The third-order valence-electron chi connectivity index (χ3n) is 3.26. The highest BCUT2D eigenvalue weighted by Gasteiger charge is 2.33. The van der Waals surface area contributed by atoms with Crippen molar-refractivity contribution in [3.8, 4) is 5.75 Å². The van der Waals surface area contributed by atoms with Gasteiger partial charge in [0, 0.05) is 6.20 Å². The minimum absolute atomic E-state index is 0.110. The predicted octanol–water partition coefficient (Wildman–Crippen LogP) is 1.98. The average Bonchev–Trinajstić information content (AvgIpc) is 2.45. The number of amides is 1. The van der Waals surface area contributed by atoms with Gasteiger partial charge in [0.05, 0.1) is 17.9 Å². The van der Waals surface area contributed by atoms with E-state index in [-0.39, 0.29) is 5.91 Å². The predicted molar refractivity (Wildman–Crippen MR) is 76.4 cm³/mol. The van der Waals surface area contributed by atoms with Gasteiger partial charge in [-0.15, -0.1) is 0 Å². The molecule has 3 rings (SSSR count). The van der Waals surface area contributed by atoms with E-state index in [1.54, 1.807) is 24.1 Å². The highest BCUT2D eigenvalue weighted by Crippen LogP contribution is 2.39. The maximum atomic E-state index is 12.4. The number of rotatable bonds is 2. The van der Waals surface area contributed by atoms with Crippen LogP contribution in [0.3, 0.4) is 0 Å². The summed E-state index contributed by atoms with van der Waals surface area (Å²) in [7, 11) is 0. The number of aromatic nitrogens is 1. The molecule has 1 aromatic carbocycles. The molecule has 0 saturated carbocycles. The van der Waals surface area contributed by atoms with Crippen LogP contribution in [0.5, 0.6) is 5.75 Å². The standard InChI is InChI=1S/C15H15N3O2/c1-10-15(19)18(9-11-5-2-3-8-17-11)14-12(16)6-4-7-13(14)20-10/h2-8,10H,9,16H2,1H3. The fraction of sp³-hybridized carbons (Fsp3) is 0.200. The number of para-hydroxylation sites is 1. The summed E-state index contributed by atoms with van der Waals surface area (Å²) in [6, 6.07) is 11.0. The molecule has 2 heterocycles. The van der Waals surface area contributed by atoms with Crippen LogP contribution in [0.1, 0.15) is 12.6 Å². The lowest BCUT2D eigenvalue weighted by Gasteiger charge is -2.33. The van der Waals surface area contributed by atoms with Crippen molar-refractivity contribution >= 4 is 17.3 Å². The largest absolute Gasteiger partial charge is 0.479 e. The molecule has 0 saturated heterocycles. The Morgan fingerprint density at radius 2 is 2.15 bits per heavy atom. The van der Waals surface area contributed by atoms with Crippen LogP contribution in [-0.4, -0.2) is 17.0 Å². The van der Waals surface area contributed by atoms with E-state index < -0.39 is 6.10 Å². The molecule has 0 spiro atoms. The number of nitrogen functional groups attached to an aromatic ring is 1. The van der Waals surface area contributed by atoms with Crippen molar-refractivity contribution in [2.75, 3.05) is 10.6 Å². The molecule has 2 aromatic rings. The molecule has 1 atom stereocenters. The first-order valence-corrected chi connectivity index (χ1v) is 6.43. The zero-order valence-corrected chi connectivity index (χ0v) is 11.1. The molecule has 0 radical (unpaired) electrons. The highest BCUT2D eigenvalue weighted by molar-refractivity contribution is 6.02. The fourth-order valence-corrected chi connectivity index (χ4v) is 2.30. The lowest BCUT2D eigenvalue weighted by molar-refractivity contribution is -0.125. The van der Waals surface area contributed by atoms with Crippen LogP contribution < -0.4 is 15.4 Å². The van der Waals surface area contributed by atoms with E-state index in [2.05, 4.69) is 4.98 Å². The highest BCUT2D eigenvalue weighted by atomic mass is 16.5. The summed E-state index contributed by atoms with van der Waals surface area (Å²) >= 11 is 0. The summed E-state index contributed by atoms with van der Waals surface area (Å²) in [6.45, 7) is 2.12. The molecule has 1 unspecified atom stereocenters. The summed E-state index contributed by atoms with van der Waals surface area (Å²) in [5, 5.41) is 0. The minimum Gasteiger partial charge on any atom is -0.479 e. The molecule has 1 amide bonds. The number of pyridine rings is 1. The maximum absolute atomic E-state index is 12.4. The third kappa shape index (κ3) is 2.07. The smallest absolute Gasteiger partial charge is 0.268 e. The van der Waals surface area contributed by atoms with E-state index >= 15 is 0 Å². The fourth-order valence-electron chi connectivity index (χ4n) is 2.30. The number of carbonyl (C=O) groups is 1. The van der Waals surface area contributed by atoms with Crippen molar-refractivity contribution < 1.29 is 9.53 Å². The second-order valence-electron chi connectivity index (χ2n) is 4.70. The molecule has 0 fully saturated rings. The Morgan fingerprint density at radius 1 is 1.30 bits per heavy atom. The first-order chi connectivity index (χ1) is 9.66. The summed E-state index contributed by atoms with van der Waals surface area (Å²) in [5.74, 6) is 0.522. The van der Waals surface area contributed by atoms with Crippen LogP contribution in [0.25, 0.3) is 0 Å². The van der Waals surface area contributed by atoms with Gasteiger partial charge in [0.2, 0.25) is 0 Å². The lowest BCUT2D eigenvalue weighted by atomic mass is 10.1. The number of hydrogen-bond donors (Lipinski definition) is 1. The first-order valence-electron chi connectivity index (χ1n) is 6.43. The van der Waals surface area contributed by atoms with Crippen LogP contribution in [-0.2, 0) is 11.3 Å². The van der Waals surface area contributed by atoms with E-state index in [1.165, 1.54) is 0 Å². The number of hydrogen-bond acceptors (Lipinski definition) is 4. The minimum atomic E-state index is -0.520. The molecule has 0 aliphatic carbocycles. The van der Waals surface area contributed by atoms with Crippen LogP contribution in [0.2, 0.25) is 0 Å². The topological polar surface area (TPSA) is 68.5 Å². The van der Waals surface area contributed by atoms with Gasteiger partial charge in [0.25, 0.3) is 5.91 Å². The average molecular weight is 269 g/mol. The Balaban J connectivity index is 2.03. The second kappa shape index (κ2) is 4.85. The van der Waals surface area contributed by atoms with E-state index in [0.717, 1.165) is 5.69 Å². The molecule has 5 heteroatoms. The number of nitrogens with zero attached hydrogens (tertiary/aromatic N) is 2. The maximum Gasteiger partial charge on any atom is 0.268 e. The van der Waals surface area contributed by atoms with Crippen molar-refractivity contribution in [1.29, 1.82) is 0 Å². The van der Waals surface area contributed by atoms with Gasteiger partial charge in [-0.25, -0.2) is 0 Å². The van der Waals surface area contributed by atoms with Gasteiger partial charge in [-0.2, -0.15) is 0 Å². The van der Waals surface area contributed by atoms with Crippen LogP contribution in [0.4, 0.5) is 11.4 Å². The third-order valence-corrected chi connectivity index (χ3v) is 3.26. The molecule has 5 nitrogen and oxygen atoms in total. The summed E-state index contributed by atoms with van der Waals surface area (Å²) in [4.78, 5) is 18.3. The lowest BCUT2D eigenvalue weighted by Crippen LogP contribution is -2.44. The molecule has 102 valence electrons. The van der Waals surface area contributed by atoms with Crippen LogP contribution in [0.15, 0.2) is 42.6 Å². The number of benzene rings is 1. The van der Waals surface area contributed by atoms with E-state index in [0.29, 0.717) is 23.7 Å². The summed E-state index contributed by atoms with van der Waals surface area (Å²) in [6.07, 6.45) is 1.19. The van der Waals surface area contributed by atoms with Crippen LogP contribution in [0, 0.1) is 0 Å². The number of ether oxygens (including phenoxy) is 1. The molecule has 1 aliphatic heterocycles. The van der Waals surface area contributed by atoms with Crippen molar-refractivity contribution in [2.45, 2.75) is 19.6 Å². The van der Waals surface area contributed by atoms with Gasteiger partial charge >= 0.3 is 0 Å². The Bertz CT molecular complexity index is 643. The number of anilines is 2. The molecule has 20 heavy (non-hydrogen) atoms.